The summed E-state index contributed by atoms with van der Waals surface area (Å²) in [5.74, 6) is 0.226. The largest absolute Gasteiger partial charge is 0.339 e. The molecular weight excluding hydrogens is 410 g/mol. The Kier molecular flexibility index (Phi) is 7.14. The fourth-order valence-electron chi connectivity index (χ4n) is 3.12. The van der Waals surface area contributed by atoms with Crippen molar-refractivity contribution in [3.63, 3.8) is 0 Å². The highest BCUT2D eigenvalue weighted by molar-refractivity contribution is 7.89. The first-order valence-electron chi connectivity index (χ1n) is 8.56. The molecule has 1 aromatic rings. The van der Waals surface area contributed by atoms with Crippen LogP contribution in [0.4, 0.5) is 11.4 Å². The lowest BCUT2D eigenvalue weighted by atomic mass is 10.0. The Hall–Kier alpha value is -1.33. The van der Waals surface area contributed by atoms with Gasteiger partial charge in [-0.05, 0) is 24.5 Å². The summed E-state index contributed by atoms with van der Waals surface area (Å²) in [6, 6.07) is 4.43. The molecule has 0 spiro atoms. The maximum absolute atomic E-state index is 13.0. The van der Waals surface area contributed by atoms with Crippen LogP contribution in [0.3, 0.4) is 0 Å². The summed E-state index contributed by atoms with van der Waals surface area (Å²) in [4.78, 5) is 14.2. The van der Waals surface area contributed by atoms with E-state index in [0.717, 1.165) is 11.4 Å². The molecule has 27 heavy (non-hydrogen) atoms. The number of sulfonamides is 1. The minimum Gasteiger partial charge on any atom is -0.339 e. The first-order valence-corrected chi connectivity index (χ1v) is 10.7. The van der Waals surface area contributed by atoms with Crippen molar-refractivity contribution in [3.8, 4) is 0 Å². The molecule has 0 aliphatic carbocycles. The smallest absolute Gasteiger partial charge is 0.245 e. The van der Waals surface area contributed by atoms with Crippen LogP contribution in [0, 0.1) is 5.92 Å². The second-order valence-electron chi connectivity index (χ2n) is 6.85. The van der Waals surface area contributed by atoms with Crippen LogP contribution in [0.1, 0.15) is 20.3 Å². The van der Waals surface area contributed by atoms with Crippen molar-refractivity contribution in [2.75, 3.05) is 26.2 Å². The van der Waals surface area contributed by atoms with Crippen LogP contribution in [0.15, 0.2) is 31.8 Å². The predicted molar refractivity (Wildman–Crippen MR) is 108 cm³/mol. The molecule has 3 rings (SSSR count). The normalized spacial score (nSPS) is 18.0. The van der Waals surface area contributed by atoms with Crippen molar-refractivity contribution in [2.24, 2.45) is 20.4 Å². The number of fused-ring (bicyclic) bond motifs is 1. The Morgan fingerprint density at radius 3 is 2.52 bits per heavy atom. The van der Waals surface area contributed by atoms with Crippen molar-refractivity contribution in [1.82, 2.24) is 9.21 Å². The molecule has 0 aromatic heterocycles. The molecule has 11 heteroatoms. The van der Waals surface area contributed by atoms with Crippen LogP contribution in [0.5, 0.6) is 0 Å². The van der Waals surface area contributed by atoms with Crippen molar-refractivity contribution < 1.29 is 13.2 Å². The zero-order valence-corrected chi connectivity index (χ0v) is 17.7. The average Bonchev–Trinajstić information content (AvgIpc) is 3.09. The van der Waals surface area contributed by atoms with Gasteiger partial charge in [-0.25, -0.2) is 8.42 Å². The van der Waals surface area contributed by atoms with E-state index in [-0.39, 0.29) is 36.3 Å². The minimum atomic E-state index is -3.68. The zero-order valence-electron chi connectivity index (χ0n) is 15.2. The van der Waals surface area contributed by atoms with Gasteiger partial charge in [0.25, 0.3) is 0 Å². The first-order chi connectivity index (χ1) is 12.3. The molecule has 2 heterocycles. The van der Waals surface area contributed by atoms with Crippen LogP contribution < -0.4 is 5.73 Å². The van der Waals surface area contributed by atoms with Gasteiger partial charge in [0.15, 0.2) is 0 Å². The Morgan fingerprint density at radius 1 is 1.22 bits per heavy atom. The number of nitrogens with zero attached hydrogens (tertiary/aromatic N) is 4. The van der Waals surface area contributed by atoms with Gasteiger partial charge in [-0.2, -0.15) is 13.0 Å². The Morgan fingerprint density at radius 2 is 1.89 bits per heavy atom. The summed E-state index contributed by atoms with van der Waals surface area (Å²) in [5.41, 5.74) is 6.95. The van der Waals surface area contributed by atoms with Gasteiger partial charge >= 0.3 is 0 Å². The molecule has 1 fully saturated rings. The topological polar surface area (TPSA) is 108 Å². The van der Waals surface area contributed by atoms with Gasteiger partial charge in [0.2, 0.25) is 15.9 Å². The first kappa shape index (κ1) is 22.0. The molecular formula is C16H24ClN5O3S2. The highest BCUT2D eigenvalue weighted by Crippen LogP contribution is 2.38. The molecule has 8 nitrogen and oxygen atoms in total. The Balaban J connectivity index is 0.00000261. The molecule has 0 bridgehead atoms. The number of hydrogen-bond donors (Lipinski definition) is 1. The molecule has 1 amide bonds. The summed E-state index contributed by atoms with van der Waals surface area (Å²) in [6.07, 6.45) is 0.621. The number of rotatable bonds is 5. The second kappa shape index (κ2) is 8.78. The number of carbonyl (C=O) groups excluding carboxylic acids is 1. The van der Waals surface area contributed by atoms with Gasteiger partial charge in [-0.1, -0.05) is 19.9 Å². The maximum Gasteiger partial charge on any atom is 0.245 e. The lowest BCUT2D eigenvalue weighted by molar-refractivity contribution is -0.134. The summed E-state index contributed by atoms with van der Waals surface area (Å²) in [7, 11) is -3.68. The van der Waals surface area contributed by atoms with E-state index in [0.29, 0.717) is 36.8 Å². The van der Waals surface area contributed by atoms with Gasteiger partial charge in [0.05, 0.1) is 17.4 Å². The van der Waals surface area contributed by atoms with E-state index >= 15 is 0 Å². The SMILES string of the molecule is CC(C)C[C@H](N)C(=O)N1CCN(S(=O)(=O)c2cccc3c2N=S=N3)CC1.Cl. The van der Waals surface area contributed by atoms with Crippen molar-refractivity contribution >= 4 is 51.1 Å². The van der Waals surface area contributed by atoms with E-state index < -0.39 is 16.1 Å². The molecule has 2 N–H and O–H groups in total. The number of nitrogens with two attached hydrogens (primary N) is 1. The van der Waals surface area contributed by atoms with Crippen LogP contribution in [-0.2, 0) is 26.2 Å². The third-order valence-corrected chi connectivity index (χ3v) is 6.93. The molecule has 1 atom stereocenters. The maximum atomic E-state index is 13.0. The van der Waals surface area contributed by atoms with Crippen LogP contribution in [-0.4, -0.2) is 55.8 Å². The van der Waals surface area contributed by atoms with Crippen molar-refractivity contribution in [3.05, 3.63) is 18.2 Å². The van der Waals surface area contributed by atoms with Gasteiger partial charge in [-0.3, -0.25) is 4.79 Å². The number of carbonyl (C=O) groups is 1. The van der Waals surface area contributed by atoms with E-state index in [1.807, 2.05) is 13.8 Å². The highest BCUT2D eigenvalue weighted by Gasteiger charge is 2.33. The van der Waals surface area contributed by atoms with Gasteiger partial charge in [0.1, 0.15) is 16.3 Å². The van der Waals surface area contributed by atoms with E-state index in [1.165, 1.54) is 4.31 Å². The van der Waals surface area contributed by atoms with E-state index in [2.05, 4.69) is 8.73 Å². The average molecular weight is 434 g/mol. The lowest BCUT2D eigenvalue weighted by Crippen LogP contribution is -2.54. The second-order valence-corrected chi connectivity index (χ2v) is 9.29. The number of amides is 1. The van der Waals surface area contributed by atoms with Crippen LogP contribution >= 0.6 is 12.4 Å². The number of piperazine rings is 1. The molecule has 1 aromatic carbocycles. The molecule has 2 aliphatic heterocycles. The molecule has 0 unspecified atom stereocenters. The number of halogens is 1. The van der Waals surface area contributed by atoms with Crippen LogP contribution in [0.2, 0.25) is 0 Å². The Bertz CT molecular complexity index is 876. The van der Waals surface area contributed by atoms with Crippen molar-refractivity contribution in [2.45, 2.75) is 31.2 Å². The Labute approximate surface area is 169 Å². The van der Waals surface area contributed by atoms with E-state index in [4.69, 9.17) is 5.73 Å². The zero-order chi connectivity index (χ0) is 18.9. The summed E-state index contributed by atoms with van der Waals surface area (Å²) < 4.78 is 35.6. The summed E-state index contributed by atoms with van der Waals surface area (Å²) >= 11 is 0.992. The van der Waals surface area contributed by atoms with Gasteiger partial charge in [0, 0.05) is 26.2 Å². The number of hydrogen-bond acceptors (Lipinski definition) is 6. The molecule has 1 saturated heterocycles. The molecule has 2 aliphatic rings. The summed E-state index contributed by atoms with van der Waals surface area (Å²) in [5, 5.41) is 0. The molecule has 0 saturated carbocycles. The lowest BCUT2D eigenvalue weighted by Gasteiger charge is -2.35. The quantitative estimate of drug-likeness (QED) is 0.778. The van der Waals surface area contributed by atoms with Crippen LogP contribution in [0.25, 0.3) is 0 Å². The van der Waals surface area contributed by atoms with Gasteiger partial charge < -0.3 is 10.6 Å². The standard InChI is InChI=1S/C16H23N5O3S2.ClH/c1-11(2)10-12(17)16(22)20-6-8-21(9-7-20)26(23,24)14-5-3-4-13-15(14)19-25-18-13;/h3-5,11-12H,6-10,17H2,1-2H3;1H/t12-;/m0./s1. The third kappa shape index (κ3) is 4.57. The molecule has 150 valence electrons. The van der Waals surface area contributed by atoms with E-state index in [9.17, 15) is 13.2 Å². The summed E-state index contributed by atoms with van der Waals surface area (Å²) in [6.45, 7) is 5.22. The minimum absolute atomic E-state index is 0. The third-order valence-electron chi connectivity index (χ3n) is 4.46. The predicted octanol–water partition coefficient (Wildman–Crippen LogP) is 2.04. The fourth-order valence-corrected chi connectivity index (χ4v) is 5.30. The van der Waals surface area contributed by atoms with Crippen molar-refractivity contribution in [1.29, 1.82) is 0 Å². The molecule has 0 radical (unpaired) electrons. The highest BCUT2D eigenvalue weighted by atomic mass is 35.5. The van der Waals surface area contributed by atoms with E-state index in [1.54, 1.807) is 23.1 Å². The monoisotopic (exact) mass is 433 g/mol. The fraction of sp³-hybridized carbons (Fsp3) is 0.562. The van der Waals surface area contributed by atoms with Gasteiger partial charge in [-0.15, -0.1) is 12.4 Å². The number of benzene rings is 1.